The molecule has 0 spiro atoms. The highest BCUT2D eigenvalue weighted by atomic mass is 16.3. The van der Waals surface area contributed by atoms with Crippen LogP contribution in [0.2, 0.25) is 0 Å². The molecule has 0 fully saturated rings. The predicted octanol–water partition coefficient (Wildman–Crippen LogP) is 3.80. The van der Waals surface area contributed by atoms with Gasteiger partial charge in [-0.1, -0.05) is 54.6 Å². The van der Waals surface area contributed by atoms with Crippen molar-refractivity contribution in [1.82, 2.24) is 14.9 Å². The Kier molecular flexibility index (Phi) is 6.52. The number of phenols is 1. The minimum Gasteiger partial charge on any atom is -0.508 e. The molecule has 0 radical (unpaired) electrons. The van der Waals surface area contributed by atoms with E-state index in [1.54, 1.807) is 18.2 Å². The number of nitrogens with one attached hydrogen (secondary N) is 2. The Morgan fingerprint density at radius 3 is 2.44 bits per heavy atom. The average molecular weight is 429 g/mol. The lowest BCUT2D eigenvalue weighted by atomic mass is 10.0. The molecular weight excluding hydrogens is 400 g/mol. The Hall–Kier alpha value is -3.64. The Morgan fingerprint density at radius 1 is 0.969 bits per heavy atom. The number of nitrogens with zero attached hydrogens (tertiary/aromatic N) is 2. The zero-order valence-corrected chi connectivity index (χ0v) is 18.4. The van der Waals surface area contributed by atoms with Crippen molar-refractivity contribution in [3.8, 4) is 5.75 Å². The van der Waals surface area contributed by atoms with Crippen molar-refractivity contribution in [3.63, 3.8) is 0 Å². The number of rotatable bonds is 8. The summed E-state index contributed by atoms with van der Waals surface area (Å²) in [6.07, 6.45) is 1.43. The first-order chi connectivity index (χ1) is 15.5. The molecule has 3 N–H and O–H groups in total. The molecule has 0 aliphatic carbocycles. The molecule has 1 aromatic heterocycles. The van der Waals surface area contributed by atoms with Crippen LogP contribution in [0.5, 0.6) is 5.75 Å². The fourth-order valence-corrected chi connectivity index (χ4v) is 3.81. The van der Waals surface area contributed by atoms with Crippen LogP contribution in [0, 0.1) is 0 Å². The molecular formula is C26H28N4O2. The van der Waals surface area contributed by atoms with Gasteiger partial charge >= 0.3 is 0 Å². The molecule has 1 heterocycles. The second-order valence-electron chi connectivity index (χ2n) is 8.32. The third-order valence-corrected chi connectivity index (χ3v) is 5.65. The van der Waals surface area contributed by atoms with Gasteiger partial charge in [0.15, 0.2) is 0 Å². The van der Waals surface area contributed by atoms with Gasteiger partial charge in [-0.25, -0.2) is 0 Å². The first-order valence-electron chi connectivity index (χ1n) is 10.7. The fraction of sp³-hybridized carbons (Fsp3) is 0.231. The van der Waals surface area contributed by atoms with Crippen molar-refractivity contribution in [1.29, 1.82) is 0 Å². The van der Waals surface area contributed by atoms with E-state index in [-0.39, 0.29) is 17.4 Å². The van der Waals surface area contributed by atoms with Crippen LogP contribution in [0.3, 0.4) is 0 Å². The third-order valence-electron chi connectivity index (χ3n) is 5.65. The Labute approximate surface area is 187 Å². The maximum atomic E-state index is 12.2. The lowest BCUT2D eigenvalue weighted by Crippen LogP contribution is -2.37. The van der Waals surface area contributed by atoms with Crippen LogP contribution >= 0.6 is 0 Å². The molecule has 6 heteroatoms. The van der Waals surface area contributed by atoms with E-state index in [9.17, 15) is 9.90 Å². The van der Waals surface area contributed by atoms with Crippen molar-refractivity contribution in [3.05, 3.63) is 100.0 Å². The Balaban J connectivity index is 1.46. The summed E-state index contributed by atoms with van der Waals surface area (Å²) in [6, 6.07) is 23.6. The van der Waals surface area contributed by atoms with Gasteiger partial charge < -0.3 is 20.3 Å². The molecule has 0 aliphatic rings. The number of anilines is 1. The zero-order valence-electron chi connectivity index (χ0n) is 18.4. The standard InChI is InChI=1S/C26H28N4O2/c1-30(2)23(15-18-8-11-24(31)12-9-18)17-27-26-28-22(16-25(32)29-26)14-19-7-10-20-5-3-4-6-21(20)13-19/h3-13,16,23,31H,14-15,17H2,1-2H3,(H2,27,28,29,32). The van der Waals surface area contributed by atoms with E-state index >= 15 is 0 Å². The lowest BCUT2D eigenvalue weighted by molar-refractivity contribution is 0.303. The van der Waals surface area contributed by atoms with Crippen LogP contribution in [-0.4, -0.2) is 46.7 Å². The van der Waals surface area contributed by atoms with Crippen molar-refractivity contribution in [2.24, 2.45) is 0 Å². The maximum absolute atomic E-state index is 12.2. The number of phenolic OH excluding ortho intramolecular Hbond substituents is 1. The molecule has 3 aromatic carbocycles. The van der Waals surface area contributed by atoms with Gasteiger partial charge in [0.05, 0.1) is 0 Å². The van der Waals surface area contributed by atoms with Crippen molar-refractivity contribution in [2.75, 3.05) is 26.0 Å². The van der Waals surface area contributed by atoms with Crippen LogP contribution in [-0.2, 0) is 12.8 Å². The summed E-state index contributed by atoms with van der Waals surface area (Å²) in [4.78, 5) is 21.7. The predicted molar refractivity (Wildman–Crippen MR) is 129 cm³/mol. The summed E-state index contributed by atoms with van der Waals surface area (Å²) in [7, 11) is 4.05. The van der Waals surface area contributed by atoms with Crippen LogP contribution in [0.1, 0.15) is 16.8 Å². The van der Waals surface area contributed by atoms with Gasteiger partial charge in [0, 0.05) is 30.8 Å². The van der Waals surface area contributed by atoms with E-state index in [0.29, 0.717) is 18.9 Å². The number of hydrogen-bond acceptors (Lipinski definition) is 5. The van der Waals surface area contributed by atoms with E-state index in [1.165, 1.54) is 10.8 Å². The van der Waals surface area contributed by atoms with Gasteiger partial charge in [-0.15, -0.1) is 0 Å². The van der Waals surface area contributed by atoms with Crippen LogP contribution in [0.4, 0.5) is 5.95 Å². The number of aromatic nitrogens is 2. The molecule has 32 heavy (non-hydrogen) atoms. The van der Waals surface area contributed by atoms with Gasteiger partial charge in [0.2, 0.25) is 5.95 Å². The van der Waals surface area contributed by atoms with Crippen molar-refractivity contribution >= 4 is 16.7 Å². The number of aromatic amines is 1. The minimum absolute atomic E-state index is 0.189. The van der Waals surface area contributed by atoms with Gasteiger partial charge in [-0.3, -0.25) is 4.79 Å². The number of benzene rings is 3. The summed E-state index contributed by atoms with van der Waals surface area (Å²) in [6.45, 7) is 0.621. The molecule has 0 amide bonds. The highest BCUT2D eigenvalue weighted by molar-refractivity contribution is 5.83. The van der Waals surface area contributed by atoms with Crippen LogP contribution in [0.15, 0.2) is 77.6 Å². The smallest absolute Gasteiger partial charge is 0.274 e. The SMILES string of the molecule is CN(C)C(CNc1nc(=O)cc(Cc2ccc3ccccc3c2)[nH]1)Cc1ccc(O)cc1. The Morgan fingerprint density at radius 2 is 1.69 bits per heavy atom. The molecule has 0 saturated heterocycles. The first-order valence-corrected chi connectivity index (χ1v) is 10.7. The lowest BCUT2D eigenvalue weighted by Gasteiger charge is -2.25. The number of H-pyrrole nitrogens is 1. The quantitative estimate of drug-likeness (QED) is 0.398. The monoisotopic (exact) mass is 428 g/mol. The number of aromatic hydroxyl groups is 1. The van der Waals surface area contributed by atoms with E-state index in [1.807, 2.05) is 38.4 Å². The van der Waals surface area contributed by atoms with Crippen molar-refractivity contribution < 1.29 is 5.11 Å². The summed E-state index contributed by atoms with van der Waals surface area (Å²) >= 11 is 0. The maximum Gasteiger partial charge on any atom is 0.274 e. The van der Waals surface area contributed by atoms with Crippen LogP contribution in [0.25, 0.3) is 10.8 Å². The number of fused-ring (bicyclic) bond motifs is 1. The van der Waals surface area contributed by atoms with Crippen molar-refractivity contribution in [2.45, 2.75) is 18.9 Å². The van der Waals surface area contributed by atoms with Gasteiger partial charge in [-0.05, 0) is 54.5 Å². The zero-order chi connectivity index (χ0) is 22.5. The molecule has 6 nitrogen and oxygen atoms in total. The van der Waals surface area contributed by atoms with E-state index < -0.39 is 0 Å². The summed E-state index contributed by atoms with van der Waals surface area (Å²) < 4.78 is 0. The molecule has 0 saturated carbocycles. The fourth-order valence-electron chi connectivity index (χ4n) is 3.81. The van der Waals surface area contributed by atoms with E-state index in [2.05, 4.69) is 50.5 Å². The summed E-state index contributed by atoms with van der Waals surface area (Å²) in [5, 5.41) is 15.2. The molecule has 4 aromatic rings. The summed E-state index contributed by atoms with van der Waals surface area (Å²) in [5.41, 5.74) is 2.83. The van der Waals surface area contributed by atoms with E-state index in [4.69, 9.17) is 0 Å². The minimum atomic E-state index is -0.262. The van der Waals surface area contributed by atoms with Gasteiger partial charge in [0.1, 0.15) is 5.75 Å². The molecule has 1 atom stereocenters. The largest absolute Gasteiger partial charge is 0.508 e. The first kappa shape index (κ1) is 21.6. The molecule has 1 unspecified atom stereocenters. The number of likely N-dealkylation sites (N-methyl/N-ethyl adjacent to an activating group) is 1. The second-order valence-corrected chi connectivity index (χ2v) is 8.32. The van der Waals surface area contributed by atoms with Crippen LogP contribution < -0.4 is 10.9 Å². The topological polar surface area (TPSA) is 81.2 Å². The molecule has 0 bridgehead atoms. The molecule has 4 rings (SSSR count). The normalized spacial score (nSPS) is 12.2. The second kappa shape index (κ2) is 9.66. The van der Waals surface area contributed by atoms with Gasteiger partial charge in [0.25, 0.3) is 5.56 Å². The van der Waals surface area contributed by atoms with E-state index in [0.717, 1.165) is 23.2 Å². The Bertz CT molecular complexity index is 1250. The third kappa shape index (κ3) is 5.53. The number of hydrogen-bond donors (Lipinski definition) is 3. The summed E-state index contributed by atoms with van der Waals surface area (Å²) in [5.74, 6) is 0.740. The molecule has 164 valence electrons. The highest BCUT2D eigenvalue weighted by Gasteiger charge is 2.13. The highest BCUT2D eigenvalue weighted by Crippen LogP contribution is 2.18. The van der Waals surface area contributed by atoms with Gasteiger partial charge in [-0.2, -0.15) is 4.98 Å². The average Bonchev–Trinajstić information content (AvgIpc) is 2.77. The molecule has 0 aliphatic heterocycles.